The van der Waals surface area contributed by atoms with Crippen LogP contribution in [0.15, 0.2) is 22.7 Å². The maximum absolute atomic E-state index is 11.7. The van der Waals surface area contributed by atoms with Gasteiger partial charge in [0.2, 0.25) is 0 Å². The fraction of sp³-hybridized carbons (Fsp3) is 0.385. The highest BCUT2D eigenvalue weighted by Crippen LogP contribution is 2.27. The van der Waals surface area contributed by atoms with E-state index in [9.17, 15) is 9.59 Å². The smallest absolute Gasteiger partial charge is 0.326 e. The summed E-state index contributed by atoms with van der Waals surface area (Å²) in [7, 11) is 0. The Kier molecular flexibility index (Phi) is 6.29. The maximum Gasteiger partial charge on any atom is 0.326 e. The van der Waals surface area contributed by atoms with Gasteiger partial charge in [-0.3, -0.25) is 4.79 Å². The van der Waals surface area contributed by atoms with Crippen molar-refractivity contribution in [1.82, 2.24) is 5.32 Å². The van der Waals surface area contributed by atoms with Gasteiger partial charge in [-0.05, 0) is 40.0 Å². The number of hydrogen-bond donors (Lipinski definition) is 2. The van der Waals surface area contributed by atoms with Crippen LogP contribution in [0.3, 0.4) is 0 Å². The summed E-state index contributed by atoms with van der Waals surface area (Å²) < 4.78 is 5.93. The molecule has 0 heterocycles. The predicted molar refractivity (Wildman–Crippen MR) is 79.1 cm³/mol. The van der Waals surface area contributed by atoms with Crippen molar-refractivity contribution in [3.05, 3.63) is 27.7 Å². The maximum atomic E-state index is 11.7. The number of ether oxygens (including phenoxy) is 1. The van der Waals surface area contributed by atoms with E-state index in [2.05, 4.69) is 21.2 Å². The first kappa shape index (κ1) is 16.8. The van der Waals surface area contributed by atoms with Crippen LogP contribution < -0.4 is 10.1 Å². The van der Waals surface area contributed by atoms with Crippen LogP contribution in [-0.4, -0.2) is 29.6 Å². The van der Waals surface area contributed by atoms with Gasteiger partial charge < -0.3 is 15.2 Å². The first-order valence-corrected chi connectivity index (χ1v) is 7.08. The molecule has 0 aliphatic rings. The van der Waals surface area contributed by atoms with E-state index in [4.69, 9.17) is 21.4 Å². The molecule has 1 aromatic rings. The molecule has 0 bridgehead atoms. The highest BCUT2D eigenvalue weighted by molar-refractivity contribution is 9.10. The SMILES string of the molecule is CC(C)C(NC(=O)COc1ccc(Cl)cc1Br)C(=O)O. The van der Waals surface area contributed by atoms with Gasteiger partial charge in [-0.15, -0.1) is 0 Å². The fourth-order valence-corrected chi connectivity index (χ4v) is 2.26. The highest BCUT2D eigenvalue weighted by atomic mass is 79.9. The van der Waals surface area contributed by atoms with Gasteiger partial charge in [0, 0.05) is 5.02 Å². The Balaban J connectivity index is 2.57. The third kappa shape index (κ3) is 5.02. The fourth-order valence-electron chi connectivity index (χ4n) is 1.46. The number of carbonyl (C=O) groups excluding carboxylic acids is 1. The lowest BCUT2D eigenvalue weighted by atomic mass is 10.1. The van der Waals surface area contributed by atoms with Gasteiger partial charge in [0.15, 0.2) is 6.61 Å². The highest BCUT2D eigenvalue weighted by Gasteiger charge is 2.23. The van der Waals surface area contributed by atoms with Crippen molar-refractivity contribution in [2.75, 3.05) is 6.61 Å². The zero-order valence-electron chi connectivity index (χ0n) is 11.0. The minimum atomic E-state index is -1.07. The van der Waals surface area contributed by atoms with Gasteiger partial charge in [0.25, 0.3) is 5.91 Å². The van der Waals surface area contributed by atoms with Gasteiger partial charge in [-0.25, -0.2) is 4.79 Å². The topological polar surface area (TPSA) is 75.6 Å². The van der Waals surface area contributed by atoms with Crippen LogP contribution in [0.25, 0.3) is 0 Å². The monoisotopic (exact) mass is 363 g/mol. The van der Waals surface area contributed by atoms with E-state index in [1.807, 2.05) is 0 Å². The number of carbonyl (C=O) groups is 2. The third-order valence-corrected chi connectivity index (χ3v) is 3.36. The van der Waals surface area contributed by atoms with Crippen LogP contribution in [0.4, 0.5) is 0 Å². The van der Waals surface area contributed by atoms with Crippen LogP contribution in [0, 0.1) is 5.92 Å². The third-order valence-electron chi connectivity index (χ3n) is 2.50. The number of carboxylic acids is 1. The average molecular weight is 365 g/mol. The summed E-state index contributed by atoms with van der Waals surface area (Å²) in [6.07, 6.45) is 0. The first-order chi connectivity index (χ1) is 9.31. The second-order valence-electron chi connectivity index (χ2n) is 4.49. The molecular formula is C13H15BrClNO4. The summed E-state index contributed by atoms with van der Waals surface area (Å²) in [6, 6.07) is 3.97. The van der Waals surface area contributed by atoms with Crippen molar-refractivity contribution in [3.63, 3.8) is 0 Å². The van der Waals surface area contributed by atoms with Crippen LogP contribution >= 0.6 is 27.5 Å². The van der Waals surface area contributed by atoms with Crippen molar-refractivity contribution in [1.29, 1.82) is 0 Å². The Labute approximate surface area is 130 Å². The Hall–Kier alpha value is -1.27. The van der Waals surface area contributed by atoms with Crippen LogP contribution in [-0.2, 0) is 9.59 Å². The Morgan fingerprint density at radius 2 is 2.10 bits per heavy atom. The lowest BCUT2D eigenvalue weighted by molar-refractivity contribution is -0.143. The molecule has 1 aromatic carbocycles. The molecule has 0 fully saturated rings. The zero-order chi connectivity index (χ0) is 15.3. The first-order valence-electron chi connectivity index (χ1n) is 5.91. The molecule has 0 aliphatic heterocycles. The number of benzene rings is 1. The van der Waals surface area contributed by atoms with Crippen molar-refractivity contribution < 1.29 is 19.4 Å². The second-order valence-corrected chi connectivity index (χ2v) is 5.78. The Morgan fingerprint density at radius 1 is 1.45 bits per heavy atom. The molecule has 1 amide bonds. The van der Waals surface area contributed by atoms with Crippen LogP contribution in [0.1, 0.15) is 13.8 Å². The molecule has 0 aliphatic carbocycles. The Morgan fingerprint density at radius 3 is 2.60 bits per heavy atom. The van der Waals surface area contributed by atoms with Gasteiger partial charge in [0.1, 0.15) is 11.8 Å². The minimum Gasteiger partial charge on any atom is -0.483 e. The van der Waals surface area contributed by atoms with Crippen molar-refractivity contribution in [2.45, 2.75) is 19.9 Å². The van der Waals surface area contributed by atoms with Crippen LogP contribution in [0.5, 0.6) is 5.75 Å². The lowest BCUT2D eigenvalue weighted by Gasteiger charge is -2.18. The van der Waals surface area contributed by atoms with Gasteiger partial charge >= 0.3 is 5.97 Å². The summed E-state index contributed by atoms with van der Waals surface area (Å²) in [5.41, 5.74) is 0. The molecule has 7 heteroatoms. The number of halogens is 2. The summed E-state index contributed by atoms with van der Waals surface area (Å²) in [5, 5.41) is 11.9. The van der Waals surface area contributed by atoms with E-state index >= 15 is 0 Å². The largest absolute Gasteiger partial charge is 0.483 e. The molecule has 0 saturated heterocycles. The van der Waals surface area contributed by atoms with E-state index in [1.165, 1.54) is 0 Å². The van der Waals surface area contributed by atoms with Gasteiger partial charge in [-0.1, -0.05) is 25.4 Å². The van der Waals surface area contributed by atoms with E-state index in [1.54, 1.807) is 32.0 Å². The van der Waals surface area contributed by atoms with E-state index in [-0.39, 0.29) is 12.5 Å². The normalized spacial score (nSPS) is 12.1. The van der Waals surface area contributed by atoms with Crippen LogP contribution in [0.2, 0.25) is 5.02 Å². The molecule has 0 saturated carbocycles. The summed E-state index contributed by atoms with van der Waals surface area (Å²) in [6.45, 7) is 3.17. The Bertz CT molecular complexity index is 507. The van der Waals surface area contributed by atoms with Crippen molar-refractivity contribution >= 4 is 39.4 Å². The molecule has 1 unspecified atom stereocenters. The second kappa shape index (κ2) is 7.50. The quantitative estimate of drug-likeness (QED) is 0.814. The number of hydrogen-bond acceptors (Lipinski definition) is 3. The molecule has 0 radical (unpaired) electrons. The molecule has 0 spiro atoms. The molecule has 20 heavy (non-hydrogen) atoms. The number of rotatable bonds is 6. The van der Waals surface area contributed by atoms with E-state index in [0.717, 1.165) is 0 Å². The van der Waals surface area contributed by atoms with Crippen molar-refractivity contribution in [2.24, 2.45) is 5.92 Å². The van der Waals surface area contributed by atoms with Gasteiger partial charge in [-0.2, -0.15) is 0 Å². The molecule has 2 N–H and O–H groups in total. The molecule has 5 nitrogen and oxygen atoms in total. The molecule has 0 aromatic heterocycles. The minimum absolute atomic E-state index is 0.210. The van der Waals surface area contributed by atoms with E-state index < -0.39 is 17.9 Å². The number of nitrogens with one attached hydrogen (secondary N) is 1. The molecule has 1 rings (SSSR count). The summed E-state index contributed by atoms with van der Waals surface area (Å²) >= 11 is 9.05. The number of carboxylic acid groups (broad SMARTS) is 1. The lowest BCUT2D eigenvalue weighted by Crippen LogP contribution is -2.46. The molecular weight excluding hydrogens is 350 g/mol. The summed E-state index contributed by atoms with van der Waals surface area (Å²) in [5.74, 6) is -1.31. The molecule has 110 valence electrons. The van der Waals surface area contributed by atoms with Crippen molar-refractivity contribution in [3.8, 4) is 5.75 Å². The number of amides is 1. The zero-order valence-corrected chi connectivity index (χ0v) is 13.4. The summed E-state index contributed by atoms with van der Waals surface area (Å²) in [4.78, 5) is 22.6. The predicted octanol–water partition coefficient (Wildman–Crippen LogP) is 2.71. The van der Waals surface area contributed by atoms with E-state index in [0.29, 0.717) is 15.2 Å². The standard InChI is InChI=1S/C13H15BrClNO4/c1-7(2)12(13(18)19)16-11(17)6-20-10-4-3-8(15)5-9(10)14/h3-5,7,12H,6H2,1-2H3,(H,16,17)(H,18,19). The van der Waals surface area contributed by atoms with Gasteiger partial charge in [0.05, 0.1) is 4.47 Å². The average Bonchev–Trinajstić information content (AvgIpc) is 2.34. The number of aliphatic carboxylic acids is 1. The molecule has 1 atom stereocenters.